The largest absolute Gasteiger partial charge is 0.497 e. The van der Waals surface area contributed by atoms with Gasteiger partial charge >= 0.3 is 0 Å². The van der Waals surface area contributed by atoms with E-state index in [1.807, 2.05) is 38.1 Å². The lowest BCUT2D eigenvalue weighted by atomic mass is 10.1. The predicted octanol–water partition coefficient (Wildman–Crippen LogP) is 3.93. The number of ether oxygens (including phenoxy) is 2. The summed E-state index contributed by atoms with van der Waals surface area (Å²) < 4.78 is 16.4. The molecule has 0 bridgehead atoms. The summed E-state index contributed by atoms with van der Waals surface area (Å²) >= 11 is 0. The van der Waals surface area contributed by atoms with Gasteiger partial charge in [0.2, 0.25) is 0 Å². The molecule has 10 heteroatoms. The van der Waals surface area contributed by atoms with E-state index in [0.717, 1.165) is 29.5 Å². The lowest BCUT2D eigenvalue weighted by Gasteiger charge is -2.24. The topological polar surface area (TPSA) is 108 Å². The molecule has 1 atom stereocenters. The number of aromatic nitrogens is 5. The second kappa shape index (κ2) is 9.21. The third kappa shape index (κ3) is 4.11. The molecular formula is C25H26N6O4. The van der Waals surface area contributed by atoms with E-state index in [2.05, 4.69) is 20.3 Å². The van der Waals surface area contributed by atoms with Crippen LogP contribution >= 0.6 is 0 Å². The van der Waals surface area contributed by atoms with E-state index in [9.17, 15) is 4.79 Å². The van der Waals surface area contributed by atoms with Crippen LogP contribution in [0.25, 0.3) is 17.1 Å². The SMILES string of the molecule is COc1ccc(C)c(-c2nc(C3CCCN3C(=O)c3cc(OC)c(C)cc3-n3nccn3)no2)c1. The molecule has 0 saturated carbocycles. The molecule has 2 aromatic carbocycles. The van der Waals surface area contributed by atoms with Gasteiger partial charge in [-0.05, 0) is 62.1 Å². The van der Waals surface area contributed by atoms with Gasteiger partial charge in [-0.15, -0.1) is 0 Å². The van der Waals surface area contributed by atoms with Crippen molar-refractivity contribution in [1.82, 2.24) is 30.0 Å². The molecule has 180 valence electrons. The van der Waals surface area contributed by atoms with Crippen molar-refractivity contribution in [1.29, 1.82) is 0 Å². The van der Waals surface area contributed by atoms with Crippen molar-refractivity contribution in [2.24, 2.45) is 0 Å². The van der Waals surface area contributed by atoms with E-state index in [4.69, 9.17) is 14.0 Å². The van der Waals surface area contributed by atoms with Gasteiger partial charge in [0.25, 0.3) is 11.8 Å². The molecule has 1 fully saturated rings. The Morgan fingerprint density at radius 3 is 2.60 bits per heavy atom. The maximum atomic E-state index is 13.8. The summed E-state index contributed by atoms with van der Waals surface area (Å²) in [6, 6.07) is 8.99. The van der Waals surface area contributed by atoms with Gasteiger partial charge < -0.3 is 18.9 Å². The highest BCUT2D eigenvalue weighted by molar-refractivity contribution is 5.98. The van der Waals surface area contributed by atoms with E-state index >= 15 is 0 Å². The van der Waals surface area contributed by atoms with Crippen molar-refractivity contribution < 1.29 is 18.8 Å². The fraction of sp³-hybridized carbons (Fsp3) is 0.320. The van der Waals surface area contributed by atoms with Gasteiger partial charge in [0.15, 0.2) is 5.82 Å². The maximum Gasteiger partial charge on any atom is 0.258 e. The molecule has 1 aliphatic heterocycles. The molecule has 1 amide bonds. The average molecular weight is 475 g/mol. The van der Waals surface area contributed by atoms with Gasteiger partial charge in [0.1, 0.15) is 11.5 Å². The van der Waals surface area contributed by atoms with Crippen LogP contribution in [0.2, 0.25) is 0 Å². The third-order valence-corrected chi connectivity index (χ3v) is 6.31. The Morgan fingerprint density at radius 2 is 1.86 bits per heavy atom. The molecule has 35 heavy (non-hydrogen) atoms. The summed E-state index contributed by atoms with van der Waals surface area (Å²) in [6.07, 6.45) is 4.72. The number of aryl methyl sites for hydroxylation is 2. The minimum atomic E-state index is -0.309. The van der Waals surface area contributed by atoms with Gasteiger partial charge in [-0.25, -0.2) is 0 Å². The zero-order valence-corrected chi connectivity index (χ0v) is 20.1. The Morgan fingerprint density at radius 1 is 1.06 bits per heavy atom. The molecule has 1 saturated heterocycles. The lowest BCUT2D eigenvalue weighted by molar-refractivity contribution is 0.0727. The number of nitrogens with zero attached hydrogens (tertiary/aromatic N) is 6. The van der Waals surface area contributed by atoms with Crippen LogP contribution in [-0.4, -0.2) is 56.7 Å². The van der Waals surface area contributed by atoms with E-state index in [0.29, 0.717) is 41.0 Å². The van der Waals surface area contributed by atoms with Crippen LogP contribution in [0, 0.1) is 13.8 Å². The third-order valence-electron chi connectivity index (χ3n) is 6.31. The second-order valence-corrected chi connectivity index (χ2v) is 8.45. The van der Waals surface area contributed by atoms with Gasteiger partial charge in [-0.2, -0.15) is 20.0 Å². The smallest absolute Gasteiger partial charge is 0.258 e. The van der Waals surface area contributed by atoms with Crippen LogP contribution in [0.5, 0.6) is 11.5 Å². The molecule has 0 aliphatic carbocycles. The number of benzene rings is 2. The van der Waals surface area contributed by atoms with Crippen molar-refractivity contribution >= 4 is 5.91 Å². The average Bonchev–Trinajstić information content (AvgIpc) is 3.65. The number of amides is 1. The summed E-state index contributed by atoms with van der Waals surface area (Å²) in [6.45, 7) is 4.47. The van der Waals surface area contributed by atoms with E-state index < -0.39 is 0 Å². The van der Waals surface area contributed by atoms with E-state index in [1.54, 1.807) is 37.6 Å². The molecule has 0 N–H and O–H groups in total. The highest BCUT2D eigenvalue weighted by Gasteiger charge is 2.35. The van der Waals surface area contributed by atoms with E-state index in [-0.39, 0.29) is 11.9 Å². The summed E-state index contributed by atoms with van der Waals surface area (Å²) in [4.78, 5) is 21.7. The zero-order chi connectivity index (χ0) is 24.5. The Hall–Kier alpha value is -4.21. The molecule has 10 nitrogen and oxygen atoms in total. The molecule has 3 heterocycles. The van der Waals surface area contributed by atoms with Crippen molar-refractivity contribution in [2.45, 2.75) is 32.7 Å². The summed E-state index contributed by atoms with van der Waals surface area (Å²) in [5.41, 5.74) is 3.70. The number of hydrogen-bond acceptors (Lipinski definition) is 8. The van der Waals surface area contributed by atoms with Gasteiger partial charge in [0, 0.05) is 12.1 Å². The van der Waals surface area contributed by atoms with Crippen LogP contribution in [0.4, 0.5) is 0 Å². The van der Waals surface area contributed by atoms with Crippen LogP contribution in [0.3, 0.4) is 0 Å². The summed E-state index contributed by atoms with van der Waals surface area (Å²) in [5.74, 6) is 2.04. The number of rotatable bonds is 6. The van der Waals surface area contributed by atoms with Gasteiger partial charge in [0.05, 0.1) is 43.9 Å². The Kier molecular flexibility index (Phi) is 5.94. The van der Waals surface area contributed by atoms with Crippen LogP contribution in [0.15, 0.2) is 47.2 Å². The molecule has 0 spiro atoms. The van der Waals surface area contributed by atoms with Crippen LogP contribution in [0.1, 0.15) is 46.2 Å². The monoisotopic (exact) mass is 474 g/mol. The predicted molar refractivity (Wildman–Crippen MR) is 127 cm³/mol. The zero-order valence-electron chi connectivity index (χ0n) is 20.1. The quantitative estimate of drug-likeness (QED) is 0.414. The Bertz CT molecular complexity index is 1360. The normalized spacial score (nSPS) is 15.4. The molecule has 5 rings (SSSR count). The van der Waals surface area contributed by atoms with Crippen LogP contribution in [-0.2, 0) is 0 Å². The lowest BCUT2D eigenvalue weighted by Crippen LogP contribution is -2.32. The Balaban J connectivity index is 1.49. The summed E-state index contributed by atoms with van der Waals surface area (Å²) in [7, 11) is 3.20. The van der Waals surface area contributed by atoms with Crippen molar-refractivity contribution in [2.75, 3.05) is 20.8 Å². The fourth-order valence-electron chi connectivity index (χ4n) is 4.44. The van der Waals surface area contributed by atoms with E-state index in [1.165, 1.54) is 4.80 Å². The number of hydrogen-bond donors (Lipinski definition) is 0. The van der Waals surface area contributed by atoms with Gasteiger partial charge in [-0.1, -0.05) is 11.2 Å². The maximum absolute atomic E-state index is 13.8. The molecule has 1 aliphatic rings. The first-order chi connectivity index (χ1) is 17.0. The van der Waals surface area contributed by atoms with Crippen molar-refractivity contribution in [3.63, 3.8) is 0 Å². The molecule has 4 aromatic rings. The number of likely N-dealkylation sites (tertiary alicyclic amines) is 1. The number of carbonyl (C=O) groups excluding carboxylic acids is 1. The molecular weight excluding hydrogens is 448 g/mol. The standard InChI is InChI=1S/C25H26N6O4/c1-15-7-8-17(33-3)13-18(15)24-28-23(29-35-24)20-6-5-11-30(20)25(32)19-14-22(34-4)16(2)12-21(19)31-26-9-10-27-31/h7-10,12-14,20H,5-6,11H2,1-4H3. The van der Waals surface area contributed by atoms with Gasteiger partial charge in [-0.3, -0.25) is 4.79 Å². The molecule has 2 aromatic heterocycles. The number of methoxy groups -OCH3 is 2. The van der Waals surface area contributed by atoms with Crippen molar-refractivity contribution in [3.8, 4) is 28.6 Å². The molecule has 0 radical (unpaired) electrons. The molecule has 1 unspecified atom stereocenters. The van der Waals surface area contributed by atoms with Crippen LogP contribution < -0.4 is 9.47 Å². The first-order valence-electron chi connectivity index (χ1n) is 11.3. The second-order valence-electron chi connectivity index (χ2n) is 8.45. The first-order valence-corrected chi connectivity index (χ1v) is 11.3. The Labute approximate surface area is 202 Å². The first kappa shape index (κ1) is 22.6. The van der Waals surface area contributed by atoms with Crippen molar-refractivity contribution in [3.05, 3.63) is 65.2 Å². The highest BCUT2D eigenvalue weighted by atomic mass is 16.5. The minimum Gasteiger partial charge on any atom is -0.497 e. The summed E-state index contributed by atoms with van der Waals surface area (Å²) in [5, 5.41) is 12.7. The fourth-order valence-corrected chi connectivity index (χ4v) is 4.44. The highest BCUT2D eigenvalue weighted by Crippen LogP contribution is 2.35. The number of carbonyl (C=O) groups is 1. The minimum absolute atomic E-state index is 0.165.